The van der Waals surface area contributed by atoms with E-state index in [4.69, 9.17) is 4.98 Å². The first-order valence-electron chi connectivity index (χ1n) is 10.8. The molecular formula is C24H31N3O2S. The summed E-state index contributed by atoms with van der Waals surface area (Å²) in [4.78, 5) is 5.25. The quantitative estimate of drug-likeness (QED) is 0.604. The van der Waals surface area contributed by atoms with E-state index < -0.39 is 10.0 Å². The van der Waals surface area contributed by atoms with Crippen molar-refractivity contribution >= 4 is 21.1 Å². The minimum Gasteiger partial charge on any atom is -0.327 e. The number of sulfonamides is 1. The number of nitrogens with zero attached hydrogens (tertiary/aromatic N) is 2. The van der Waals surface area contributed by atoms with Gasteiger partial charge in [0.2, 0.25) is 10.0 Å². The second-order valence-corrected chi connectivity index (χ2v) is 11.2. The van der Waals surface area contributed by atoms with Crippen molar-refractivity contribution in [3.63, 3.8) is 0 Å². The van der Waals surface area contributed by atoms with E-state index in [1.807, 2.05) is 18.2 Å². The summed E-state index contributed by atoms with van der Waals surface area (Å²) >= 11 is 0. The number of aromatic nitrogens is 2. The molecule has 1 aliphatic carbocycles. The molecule has 1 N–H and O–H groups in total. The molecule has 1 heterocycles. The Balaban J connectivity index is 1.61. The highest BCUT2D eigenvalue weighted by atomic mass is 32.2. The van der Waals surface area contributed by atoms with E-state index in [0.29, 0.717) is 0 Å². The molecular weight excluding hydrogens is 394 g/mol. The number of benzene rings is 2. The van der Waals surface area contributed by atoms with Gasteiger partial charge in [0.25, 0.3) is 0 Å². The van der Waals surface area contributed by atoms with E-state index in [1.54, 1.807) is 24.3 Å². The number of hydrogen-bond donors (Lipinski definition) is 1. The van der Waals surface area contributed by atoms with Crippen molar-refractivity contribution in [3.05, 3.63) is 59.9 Å². The fraction of sp³-hybridized carbons (Fsp3) is 0.458. The molecule has 0 radical (unpaired) electrons. The normalized spacial score (nSPS) is 15.8. The maximum absolute atomic E-state index is 12.5. The zero-order valence-electron chi connectivity index (χ0n) is 18.1. The lowest BCUT2D eigenvalue weighted by Crippen LogP contribution is -2.23. The zero-order chi connectivity index (χ0) is 21.4. The Kier molecular flexibility index (Phi) is 5.73. The molecule has 5 nitrogen and oxygen atoms in total. The molecule has 6 heteroatoms. The van der Waals surface area contributed by atoms with Crippen molar-refractivity contribution in [2.45, 2.75) is 69.9 Å². The van der Waals surface area contributed by atoms with Crippen LogP contribution in [0.25, 0.3) is 11.0 Å². The summed E-state index contributed by atoms with van der Waals surface area (Å²) in [7, 11) is -3.53. The molecule has 2 aromatic carbocycles. The molecule has 30 heavy (non-hydrogen) atoms. The molecule has 0 atom stereocenters. The van der Waals surface area contributed by atoms with Gasteiger partial charge < -0.3 is 4.57 Å². The highest BCUT2D eigenvalue weighted by molar-refractivity contribution is 7.89. The molecule has 0 saturated heterocycles. The van der Waals surface area contributed by atoms with Crippen molar-refractivity contribution in [2.75, 3.05) is 0 Å². The van der Waals surface area contributed by atoms with Gasteiger partial charge in [0.1, 0.15) is 5.82 Å². The maximum Gasteiger partial charge on any atom is 0.240 e. The molecule has 0 unspecified atom stereocenters. The first-order chi connectivity index (χ1) is 14.2. The van der Waals surface area contributed by atoms with Crippen molar-refractivity contribution in [2.24, 2.45) is 5.92 Å². The van der Waals surface area contributed by atoms with E-state index in [2.05, 4.69) is 36.1 Å². The first-order valence-corrected chi connectivity index (χ1v) is 12.3. The Morgan fingerprint density at radius 1 is 1.07 bits per heavy atom. The molecule has 4 rings (SSSR count). The molecule has 1 aliphatic rings. The SMILES string of the molecule is CC(C)(C)c1nc2cc(CNS(=O)(=O)c3ccccc3)ccc2n1CC1CCCC1. The standard InChI is InChI=1S/C24H31N3O2S/c1-24(2,3)23-26-21-15-19(16-25-30(28,29)20-11-5-4-6-12-20)13-14-22(21)27(23)17-18-9-7-8-10-18/h4-6,11-15,18,25H,7-10,16-17H2,1-3H3. The fourth-order valence-electron chi connectivity index (χ4n) is 4.36. The number of hydrogen-bond acceptors (Lipinski definition) is 3. The number of imidazole rings is 1. The summed E-state index contributed by atoms with van der Waals surface area (Å²) in [5.74, 6) is 1.83. The summed E-state index contributed by atoms with van der Waals surface area (Å²) in [5.41, 5.74) is 2.94. The summed E-state index contributed by atoms with van der Waals surface area (Å²) in [6.07, 6.45) is 5.24. The minimum atomic E-state index is -3.53. The highest BCUT2D eigenvalue weighted by Crippen LogP contribution is 2.32. The van der Waals surface area contributed by atoms with Crippen LogP contribution < -0.4 is 4.72 Å². The van der Waals surface area contributed by atoms with Crippen LogP contribution in [0.4, 0.5) is 0 Å². The van der Waals surface area contributed by atoms with Crippen LogP contribution in [0.3, 0.4) is 0 Å². The summed E-state index contributed by atoms with van der Waals surface area (Å²) in [6, 6.07) is 14.6. The average Bonchev–Trinajstić information content (AvgIpc) is 3.35. The van der Waals surface area contributed by atoms with Gasteiger partial charge in [-0.15, -0.1) is 0 Å². The number of fused-ring (bicyclic) bond motifs is 1. The molecule has 1 aromatic heterocycles. The van der Waals surface area contributed by atoms with Crippen molar-refractivity contribution in [1.82, 2.24) is 14.3 Å². The van der Waals surface area contributed by atoms with Gasteiger partial charge >= 0.3 is 0 Å². The molecule has 1 saturated carbocycles. The van der Waals surface area contributed by atoms with Crippen molar-refractivity contribution in [1.29, 1.82) is 0 Å². The monoisotopic (exact) mass is 425 g/mol. The number of rotatable bonds is 6. The summed E-state index contributed by atoms with van der Waals surface area (Å²) in [6.45, 7) is 7.87. The molecule has 0 bridgehead atoms. The van der Waals surface area contributed by atoms with Crippen molar-refractivity contribution in [3.8, 4) is 0 Å². The molecule has 0 spiro atoms. The second kappa shape index (κ2) is 8.16. The van der Waals surface area contributed by atoms with Crippen LogP contribution in [0.2, 0.25) is 0 Å². The van der Waals surface area contributed by atoms with Gasteiger partial charge in [0, 0.05) is 18.5 Å². The van der Waals surface area contributed by atoms with Crippen LogP contribution in [-0.4, -0.2) is 18.0 Å². The van der Waals surface area contributed by atoms with E-state index in [-0.39, 0.29) is 16.9 Å². The van der Waals surface area contributed by atoms with Gasteiger partial charge in [0.05, 0.1) is 15.9 Å². The van der Waals surface area contributed by atoms with E-state index in [9.17, 15) is 8.42 Å². The molecule has 0 amide bonds. The Morgan fingerprint density at radius 3 is 2.43 bits per heavy atom. The predicted molar refractivity (Wildman–Crippen MR) is 121 cm³/mol. The first kappa shape index (κ1) is 21.1. The Bertz CT molecular complexity index is 1120. The van der Waals surface area contributed by atoms with Crippen LogP contribution in [0.5, 0.6) is 0 Å². The minimum absolute atomic E-state index is 0.0489. The third-order valence-electron chi connectivity index (χ3n) is 5.92. The van der Waals surface area contributed by atoms with Crippen LogP contribution in [0.15, 0.2) is 53.4 Å². The van der Waals surface area contributed by atoms with E-state index in [0.717, 1.165) is 34.9 Å². The number of nitrogens with one attached hydrogen (secondary N) is 1. The Hall–Kier alpha value is -2.18. The summed E-state index contributed by atoms with van der Waals surface area (Å²) < 4.78 is 30.1. The van der Waals surface area contributed by atoms with Gasteiger partial charge in [-0.3, -0.25) is 0 Å². The van der Waals surface area contributed by atoms with Crippen molar-refractivity contribution < 1.29 is 8.42 Å². The van der Waals surface area contributed by atoms with Crippen LogP contribution >= 0.6 is 0 Å². The van der Waals surface area contributed by atoms with Gasteiger partial charge in [-0.2, -0.15) is 0 Å². The fourth-order valence-corrected chi connectivity index (χ4v) is 5.39. The molecule has 160 valence electrons. The highest BCUT2D eigenvalue weighted by Gasteiger charge is 2.26. The lowest BCUT2D eigenvalue weighted by molar-refractivity contribution is 0.423. The lowest BCUT2D eigenvalue weighted by atomic mass is 9.95. The third-order valence-corrected chi connectivity index (χ3v) is 7.34. The van der Waals surface area contributed by atoms with E-state index >= 15 is 0 Å². The van der Waals surface area contributed by atoms with Crippen LogP contribution in [0, 0.1) is 5.92 Å². The third kappa shape index (κ3) is 4.44. The maximum atomic E-state index is 12.5. The van der Waals surface area contributed by atoms with Gasteiger partial charge in [-0.1, -0.05) is 57.9 Å². The van der Waals surface area contributed by atoms with E-state index in [1.165, 1.54) is 25.7 Å². The van der Waals surface area contributed by atoms with Gasteiger partial charge in [0.15, 0.2) is 0 Å². The summed E-state index contributed by atoms with van der Waals surface area (Å²) in [5, 5.41) is 0. The molecule has 0 aliphatic heterocycles. The van der Waals surface area contributed by atoms with Crippen LogP contribution in [0.1, 0.15) is 57.8 Å². The lowest BCUT2D eigenvalue weighted by Gasteiger charge is -2.22. The molecule has 3 aromatic rings. The van der Waals surface area contributed by atoms with Gasteiger partial charge in [-0.05, 0) is 48.6 Å². The average molecular weight is 426 g/mol. The Morgan fingerprint density at radius 2 is 1.77 bits per heavy atom. The predicted octanol–water partition coefficient (Wildman–Crippen LogP) is 5.00. The Labute approximate surface area is 179 Å². The van der Waals surface area contributed by atoms with Crippen LogP contribution in [-0.2, 0) is 28.5 Å². The van der Waals surface area contributed by atoms with Gasteiger partial charge in [-0.25, -0.2) is 18.1 Å². The molecule has 1 fully saturated rings. The largest absolute Gasteiger partial charge is 0.327 e. The topological polar surface area (TPSA) is 64.0 Å². The smallest absolute Gasteiger partial charge is 0.240 e. The second-order valence-electron chi connectivity index (χ2n) is 9.41. The zero-order valence-corrected chi connectivity index (χ0v) is 18.9.